The van der Waals surface area contributed by atoms with E-state index >= 15 is 0 Å². The van der Waals surface area contributed by atoms with E-state index in [0.29, 0.717) is 12.5 Å². The maximum atomic E-state index is 13.2. The Morgan fingerprint density at radius 1 is 1.00 bits per heavy atom. The summed E-state index contributed by atoms with van der Waals surface area (Å²) in [6.07, 6.45) is 4.32. The standard InChI is InChI=1S/C25H32N2O4/c1-29-19-10-8-18(9-11-19)25(17-6-7-17)26-16-24(28)27-14-4-5-22(27)21-15-20(30-2)12-13-23(21)31-3/h8-13,15,17,22,25-26H,4-7,14,16H2,1-3H3. The molecule has 0 radical (unpaired) electrons. The quantitative estimate of drug-likeness (QED) is 0.656. The number of methoxy groups -OCH3 is 3. The average molecular weight is 425 g/mol. The van der Waals surface area contributed by atoms with Crippen LogP contribution in [0.4, 0.5) is 0 Å². The lowest BCUT2D eigenvalue weighted by Gasteiger charge is -2.28. The maximum absolute atomic E-state index is 13.2. The molecule has 2 atom stereocenters. The van der Waals surface area contributed by atoms with Gasteiger partial charge in [0.25, 0.3) is 0 Å². The predicted octanol–water partition coefficient (Wildman–Crippen LogP) is 4.12. The Labute approximate surface area is 184 Å². The van der Waals surface area contributed by atoms with Crippen LogP contribution in [0.3, 0.4) is 0 Å². The molecule has 0 spiro atoms. The van der Waals surface area contributed by atoms with Gasteiger partial charge in [-0.25, -0.2) is 0 Å². The topological polar surface area (TPSA) is 60.0 Å². The van der Waals surface area contributed by atoms with Crippen molar-refractivity contribution in [2.24, 2.45) is 5.92 Å². The molecule has 0 bridgehead atoms. The van der Waals surface area contributed by atoms with E-state index in [4.69, 9.17) is 14.2 Å². The fourth-order valence-electron chi connectivity index (χ4n) is 4.58. The summed E-state index contributed by atoms with van der Waals surface area (Å²) in [5, 5.41) is 3.55. The van der Waals surface area contributed by atoms with Gasteiger partial charge in [0.2, 0.25) is 5.91 Å². The zero-order valence-corrected chi connectivity index (χ0v) is 18.6. The summed E-state index contributed by atoms with van der Waals surface area (Å²) in [5.74, 6) is 3.15. The minimum Gasteiger partial charge on any atom is -0.497 e. The van der Waals surface area contributed by atoms with Crippen LogP contribution in [-0.4, -0.2) is 45.2 Å². The third kappa shape index (κ3) is 4.79. The lowest BCUT2D eigenvalue weighted by molar-refractivity contribution is -0.131. The second-order valence-corrected chi connectivity index (χ2v) is 8.32. The second-order valence-electron chi connectivity index (χ2n) is 8.32. The molecule has 1 saturated heterocycles. The van der Waals surface area contributed by atoms with E-state index < -0.39 is 0 Å². The van der Waals surface area contributed by atoms with E-state index in [0.717, 1.165) is 42.2 Å². The number of carbonyl (C=O) groups is 1. The van der Waals surface area contributed by atoms with E-state index in [-0.39, 0.29) is 18.0 Å². The number of amides is 1. The molecule has 166 valence electrons. The van der Waals surface area contributed by atoms with Crippen LogP contribution in [0.5, 0.6) is 17.2 Å². The van der Waals surface area contributed by atoms with Crippen LogP contribution < -0.4 is 19.5 Å². The zero-order valence-electron chi connectivity index (χ0n) is 18.6. The Morgan fingerprint density at radius 3 is 2.35 bits per heavy atom. The number of hydrogen-bond acceptors (Lipinski definition) is 5. The molecule has 31 heavy (non-hydrogen) atoms. The highest BCUT2D eigenvalue weighted by molar-refractivity contribution is 5.79. The monoisotopic (exact) mass is 424 g/mol. The van der Waals surface area contributed by atoms with Crippen molar-refractivity contribution < 1.29 is 19.0 Å². The number of rotatable bonds is 9. The first-order chi connectivity index (χ1) is 15.1. The summed E-state index contributed by atoms with van der Waals surface area (Å²) in [6.45, 7) is 1.10. The van der Waals surface area contributed by atoms with Gasteiger partial charge >= 0.3 is 0 Å². The largest absolute Gasteiger partial charge is 0.497 e. The molecule has 2 fully saturated rings. The molecule has 1 heterocycles. The van der Waals surface area contributed by atoms with Gasteiger partial charge in [0.05, 0.1) is 33.9 Å². The molecule has 1 aliphatic heterocycles. The highest BCUT2D eigenvalue weighted by Crippen LogP contribution is 2.42. The molecule has 1 N–H and O–H groups in total. The van der Waals surface area contributed by atoms with E-state index in [1.807, 2.05) is 35.2 Å². The van der Waals surface area contributed by atoms with Crippen LogP contribution in [0.2, 0.25) is 0 Å². The van der Waals surface area contributed by atoms with Crippen molar-refractivity contribution in [1.82, 2.24) is 10.2 Å². The lowest BCUT2D eigenvalue weighted by atomic mass is 10.0. The molecule has 1 saturated carbocycles. The Kier molecular flexibility index (Phi) is 6.66. The average Bonchev–Trinajstić information content (AvgIpc) is 3.53. The molecule has 4 rings (SSSR count). The van der Waals surface area contributed by atoms with Crippen LogP contribution in [0.15, 0.2) is 42.5 Å². The number of ether oxygens (including phenoxy) is 3. The minimum atomic E-state index is 0.0136. The fraction of sp³-hybridized carbons (Fsp3) is 0.480. The summed E-state index contributed by atoms with van der Waals surface area (Å²) in [7, 11) is 5.00. The van der Waals surface area contributed by atoms with E-state index in [9.17, 15) is 4.79 Å². The number of carbonyl (C=O) groups excluding carboxylic acids is 1. The number of nitrogens with zero attached hydrogens (tertiary/aromatic N) is 1. The van der Waals surface area contributed by atoms with Crippen molar-refractivity contribution in [3.63, 3.8) is 0 Å². The van der Waals surface area contributed by atoms with E-state index in [1.165, 1.54) is 18.4 Å². The first-order valence-corrected chi connectivity index (χ1v) is 11.0. The van der Waals surface area contributed by atoms with Crippen LogP contribution in [0.25, 0.3) is 0 Å². The van der Waals surface area contributed by atoms with Crippen LogP contribution in [0, 0.1) is 5.92 Å². The van der Waals surface area contributed by atoms with Crippen LogP contribution in [0.1, 0.15) is 48.9 Å². The van der Waals surface area contributed by atoms with Gasteiger partial charge < -0.3 is 24.4 Å². The van der Waals surface area contributed by atoms with Gasteiger partial charge in [-0.15, -0.1) is 0 Å². The molecule has 2 aromatic carbocycles. The van der Waals surface area contributed by atoms with Gasteiger partial charge in [0.15, 0.2) is 0 Å². The van der Waals surface area contributed by atoms with Gasteiger partial charge in [-0.2, -0.15) is 0 Å². The van der Waals surface area contributed by atoms with Crippen LogP contribution >= 0.6 is 0 Å². The van der Waals surface area contributed by atoms with Crippen molar-refractivity contribution in [1.29, 1.82) is 0 Å². The number of nitrogens with one attached hydrogen (secondary N) is 1. The minimum absolute atomic E-state index is 0.0136. The molecule has 0 aromatic heterocycles. The predicted molar refractivity (Wildman–Crippen MR) is 120 cm³/mol. The Bertz CT molecular complexity index is 895. The molecular formula is C25H32N2O4. The highest BCUT2D eigenvalue weighted by atomic mass is 16.5. The maximum Gasteiger partial charge on any atom is 0.237 e. The summed E-state index contributed by atoms with van der Waals surface area (Å²) in [4.78, 5) is 15.2. The van der Waals surface area contributed by atoms with Crippen molar-refractivity contribution in [3.05, 3.63) is 53.6 Å². The Balaban J connectivity index is 1.46. The third-order valence-corrected chi connectivity index (χ3v) is 6.41. The summed E-state index contributed by atoms with van der Waals surface area (Å²) < 4.78 is 16.3. The van der Waals surface area contributed by atoms with Crippen molar-refractivity contribution in [2.75, 3.05) is 34.4 Å². The molecule has 6 heteroatoms. The summed E-state index contributed by atoms with van der Waals surface area (Å²) in [5.41, 5.74) is 2.23. The van der Waals surface area contributed by atoms with Gasteiger partial charge in [-0.1, -0.05) is 12.1 Å². The molecule has 2 unspecified atom stereocenters. The third-order valence-electron chi connectivity index (χ3n) is 6.41. The first-order valence-electron chi connectivity index (χ1n) is 11.0. The SMILES string of the molecule is COc1ccc(C(NCC(=O)N2CCCC2c2cc(OC)ccc2OC)C2CC2)cc1. The van der Waals surface area contributed by atoms with Crippen LogP contribution in [-0.2, 0) is 4.79 Å². The first kappa shape index (κ1) is 21.5. The summed E-state index contributed by atoms with van der Waals surface area (Å²) >= 11 is 0. The number of benzene rings is 2. The fourth-order valence-corrected chi connectivity index (χ4v) is 4.58. The van der Waals surface area contributed by atoms with E-state index in [2.05, 4.69) is 17.4 Å². The molecule has 2 aliphatic rings. The van der Waals surface area contributed by atoms with Gasteiger partial charge in [0.1, 0.15) is 17.2 Å². The van der Waals surface area contributed by atoms with Crippen molar-refractivity contribution >= 4 is 5.91 Å². The molecule has 1 amide bonds. The Hall–Kier alpha value is -2.73. The lowest BCUT2D eigenvalue weighted by Crippen LogP contribution is -2.39. The number of likely N-dealkylation sites (tertiary alicyclic amines) is 1. The molecule has 2 aromatic rings. The molecular weight excluding hydrogens is 392 g/mol. The van der Waals surface area contributed by atoms with Gasteiger partial charge in [0, 0.05) is 18.2 Å². The molecule has 6 nitrogen and oxygen atoms in total. The Morgan fingerprint density at radius 2 is 1.71 bits per heavy atom. The van der Waals surface area contributed by atoms with E-state index in [1.54, 1.807) is 21.3 Å². The van der Waals surface area contributed by atoms with Gasteiger partial charge in [-0.05, 0) is 67.5 Å². The summed E-state index contributed by atoms with van der Waals surface area (Å²) in [6, 6.07) is 14.2. The smallest absolute Gasteiger partial charge is 0.237 e. The van der Waals surface area contributed by atoms with Crippen molar-refractivity contribution in [3.8, 4) is 17.2 Å². The normalized spacial score (nSPS) is 19.2. The van der Waals surface area contributed by atoms with Crippen molar-refractivity contribution in [2.45, 2.75) is 37.8 Å². The molecule has 1 aliphatic carbocycles. The van der Waals surface area contributed by atoms with Gasteiger partial charge in [-0.3, -0.25) is 4.79 Å². The number of hydrogen-bond donors (Lipinski definition) is 1. The highest BCUT2D eigenvalue weighted by Gasteiger charge is 2.35. The second kappa shape index (κ2) is 9.60. The zero-order chi connectivity index (χ0) is 21.8.